The summed E-state index contributed by atoms with van der Waals surface area (Å²) in [6.07, 6.45) is 5.17. The second kappa shape index (κ2) is 6.24. The van der Waals surface area contributed by atoms with Crippen LogP contribution in [0.5, 0.6) is 5.75 Å². The van der Waals surface area contributed by atoms with Crippen LogP contribution in [0.1, 0.15) is 51.1 Å². The van der Waals surface area contributed by atoms with Gasteiger partial charge in [-0.05, 0) is 37.7 Å². The van der Waals surface area contributed by atoms with Crippen molar-refractivity contribution in [3.8, 4) is 5.75 Å². The topological polar surface area (TPSA) is 35.2 Å². The van der Waals surface area contributed by atoms with Crippen LogP contribution in [0.25, 0.3) is 0 Å². The fourth-order valence-electron chi connectivity index (χ4n) is 3.11. The molecule has 0 aromatic heterocycles. The molecule has 0 saturated heterocycles. The fraction of sp³-hybridized carbons (Fsp3) is 0.625. The summed E-state index contributed by atoms with van der Waals surface area (Å²) in [5, 5.41) is 0. The molecule has 3 unspecified atom stereocenters. The maximum Gasteiger partial charge on any atom is 0.124 e. The van der Waals surface area contributed by atoms with E-state index in [0.717, 1.165) is 11.7 Å². The van der Waals surface area contributed by atoms with Crippen molar-refractivity contribution < 1.29 is 4.74 Å². The van der Waals surface area contributed by atoms with Crippen LogP contribution >= 0.6 is 0 Å². The Balaban J connectivity index is 2.11. The monoisotopic (exact) mass is 247 g/mol. The van der Waals surface area contributed by atoms with E-state index in [4.69, 9.17) is 10.5 Å². The SMILES string of the molecule is CCOc1ccccc1C(N)C1CCC(CC)C1. The van der Waals surface area contributed by atoms with Crippen LogP contribution in [-0.4, -0.2) is 6.61 Å². The molecule has 1 aliphatic carbocycles. The molecule has 0 bridgehead atoms. The van der Waals surface area contributed by atoms with E-state index in [0.29, 0.717) is 12.5 Å². The molecule has 100 valence electrons. The third kappa shape index (κ3) is 2.86. The highest BCUT2D eigenvalue weighted by atomic mass is 16.5. The first-order valence-electron chi connectivity index (χ1n) is 7.23. The third-order valence-corrected chi connectivity index (χ3v) is 4.24. The summed E-state index contributed by atoms with van der Waals surface area (Å²) < 4.78 is 5.69. The second-order valence-corrected chi connectivity index (χ2v) is 5.34. The number of nitrogens with two attached hydrogens (primary N) is 1. The minimum Gasteiger partial charge on any atom is -0.494 e. The van der Waals surface area contributed by atoms with Gasteiger partial charge in [-0.15, -0.1) is 0 Å². The average molecular weight is 247 g/mol. The highest BCUT2D eigenvalue weighted by Crippen LogP contribution is 2.41. The van der Waals surface area contributed by atoms with E-state index in [2.05, 4.69) is 19.1 Å². The molecule has 2 heteroatoms. The summed E-state index contributed by atoms with van der Waals surface area (Å²) in [7, 11) is 0. The lowest BCUT2D eigenvalue weighted by Gasteiger charge is -2.22. The Kier molecular flexibility index (Phi) is 4.65. The standard InChI is InChI=1S/C16H25NO/c1-3-12-9-10-13(11-12)16(17)14-7-5-6-8-15(14)18-4-2/h5-8,12-13,16H,3-4,9-11,17H2,1-2H3. The largest absolute Gasteiger partial charge is 0.494 e. The number of ether oxygens (including phenoxy) is 1. The van der Waals surface area contributed by atoms with Gasteiger partial charge in [0.1, 0.15) is 5.75 Å². The Morgan fingerprint density at radius 3 is 2.72 bits per heavy atom. The van der Waals surface area contributed by atoms with Crippen molar-refractivity contribution in [2.75, 3.05) is 6.61 Å². The van der Waals surface area contributed by atoms with Gasteiger partial charge >= 0.3 is 0 Å². The van der Waals surface area contributed by atoms with E-state index in [1.165, 1.54) is 31.2 Å². The molecule has 0 spiro atoms. The molecule has 1 aromatic rings. The van der Waals surface area contributed by atoms with Crippen molar-refractivity contribution in [3.05, 3.63) is 29.8 Å². The molecule has 1 saturated carbocycles. The van der Waals surface area contributed by atoms with Gasteiger partial charge in [0.05, 0.1) is 6.61 Å². The molecule has 1 aliphatic rings. The Bertz CT molecular complexity index is 377. The summed E-state index contributed by atoms with van der Waals surface area (Å²) in [4.78, 5) is 0. The quantitative estimate of drug-likeness (QED) is 0.856. The predicted octanol–water partition coefficient (Wildman–Crippen LogP) is 3.91. The van der Waals surface area contributed by atoms with Gasteiger partial charge in [-0.1, -0.05) is 38.0 Å². The molecular weight excluding hydrogens is 222 g/mol. The van der Waals surface area contributed by atoms with Crippen LogP contribution in [0.15, 0.2) is 24.3 Å². The van der Waals surface area contributed by atoms with Crippen LogP contribution in [0, 0.1) is 11.8 Å². The molecule has 1 fully saturated rings. The Morgan fingerprint density at radius 1 is 1.28 bits per heavy atom. The molecule has 0 heterocycles. The summed E-state index contributed by atoms with van der Waals surface area (Å²) in [6, 6.07) is 8.36. The third-order valence-electron chi connectivity index (χ3n) is 4.24. The highest BCUT2D eigenvalue weighted by Gasteiger charge is 2.30. The number of hydrogen-bond acceptors (Lipinski definition) is 2. The normalized spacial score (nSPS) is 25.1. The van der Waals surface area contributed by atoms with Crippen molar-refractivity contribution in [1.29, 1.82) is 0 Å². The van der Waals surface area contributed by atoms with Gasteiger partial charge in [0.25, 0.3) is 0 Å². The van der Waals surface area contributed by atoms with E-state index in [1.807, 2.05) is 19.1 Å². The van der Waals surface area contributed by atoms with E-state index < -0.39 is 0 Å². The molecule has 0 radical (unpaired) electrons. The predicted molar refractivity (Wildman–Crippen MR) is 75.7 cm³/mol. The van der Waals surface area contributed by atoms with Gasteiger partial charge in [0.2, 0.25) is 0 Å². The highest BCUT2D eigenvalue weighted by molar-refractivity contribution is 5.36. The zero-order valence-electron chi connectivity index (χ0n) is 11.6. The smallest absolute Gasteiger partial charge is 0.124 e. The number of para-hydroxylation sites is 1. The van der Waals surface area contributed by atoms with Crippen LogP contribution in [-0.2, 0) is 0 Å². The lowest BCUT2D eigenvalue weighted by molar-refractivity contribution is 0.325. The average Bonchev–Trinajstić information content (AvgIpc) is 2.88. The van der Waals surface area contributed by atoms with Crippen molar-refractivity contribution in [1.82, 2.24) is 0 Å². The first-order valence-corrected chi connectivity index (χ1v) is 7.23. The lowest BCUT2D eigenvalue weighted by atomic mass is 9.90. The van der Waals surface area contributed by atoms with Gasteiger partial charge in [-0.3, -0.25) is 0 Å². The van der Waals surface area contributed by atoms with Gasteiger partial charge in [0, 0.05) is 11.6 Å². The summed E-state index contributed by atoms with van der Waals surface area (Å²) in [6.45, 7) is 5.00. The van der Waals surface area contributed by atoms with Crippen LogP contribution in [0.2, 0.25) is 0 Å². The van der Waals surface area contributed by atoms with E-state index in [1.54, 1.807) is 0 Å². The van der Waals surface area contributed by atoms with Crippen molar-refractivity contribution >= 4 is 0 Å². The fourth-order valence-corrected chi connectivity index (χ4v) is 3.11. The zero-order chi connectivity index (χ0) is 13.0. The van der Waals surface area contributed by atoms with E-state index in [-0.39, 0.29) is 6.04 Å². The van der Waals surface area contributed by atoms with Crippen molar-refractivity contribution in [2.45, 2.75) is 45.6 Å². The maximum absolute atomic E-state index is 6.47. The number of benzene rings is 1. The van der Waals surface area contributed by atoms with Crippen molar-refractivity contribution in [2.24, 2.45) is 17.6 Å². The zero-order valence-corrected chi connectivity index (χ0v) is 11.6. The maximum atomic E-state index is 6.47. The molecule has 3 atom stereocenters. The first kappa shape index (κ1) is 13.4. The minimum atomic E-state index is 0.129. The van der Waals surface area contributed by atoms with Crippen molar-refractivity contribution in [3.63, 3.8) is 0 Å². The molecule has 2 nitrogen and oxygen atoms in total. The Labute approximate surface area is 111 Å². The lowest BCUT2D eigenvalue weighted by Crippen LogP contribution is -2.20. The molecule has 0 amide bonds. The van der Waals surface area contributed by atoms with E-state index in [9.17, 15) is 0 Å². The van der Waals surface area contributed by atoms with Crippen LogP contribution in [0.3, 0.4) is 0 Å². The molecule has 18 heavy (non-hydrogen) atoms. The first-order chi connectivity index (χ1) is 8.76. The summed E-state index contributed by atoms with van der Waals surface area (Å²) in [5.74, 6) is 2.46. The molecule has 0 aliphatic heterocycles. The summed E-state index contributed by atoms with van der Waals surface area (Å²) in [5.41, 5.74) is 7.65. The Hall–Kier alpha value is -1.02. The number of rotatable bonds is 5. The van der Waals surface area contributed by atoms with Gasteiger partial charge in [-0.25, -0.2) is 0 Å². The van der Waals surface area contributed by atoms with Gasteiger partial charge in [0.15, 0.2) is 0 Å². The van der Waals surface area contributed by atoms with Crippen LogP contribution < -0.4 is 10.5 Å². The minimum absolute atomic E-state index is 0.129. The van der Waals surface area contributed by atoms with E-state index >= 15 is 0 Å². The number of hydrogen-bond donors (Lipinski definition) is 1. The molecule has 2 rings (SSSR count). The summed E-state index contributed by atoms with van der Waals surface area (Å²) >= 11 is 0. The molecular formula is C16H25NO. The molecule has 2 N–H and O–H groups in total. The van der Waals surface area contributed by atoms with Crippen LogP contribution in [0.4, 0.5) is 0 Å². The Morgan fingerprint density at radius 2 is 2.06 bits per heavy atom. The van der Waals surface area contributed by atoms with Gasteiger partial charge < -0.3 is 10.5 Å². The molecule has 1 aromatic carbocycles. The second-order valence-electron chi connectivity index (χ2n) is 5.34. The van der Waals surface area contributed by atoms with Gasteiger partial charge in [-0.2, -0.15) is 0 Å².